The Balaban J connectivity index is 2.37. The van der Waals surface area contributed by atoms with E-state index in [0.717, 1.165) is 38.6 Å². The van der Waals surface area contributed by atoms with Gasteiger partial charge in [-0.25, -0.2) is 9.38 Å². The Bertz CT molecular complexity index is 706. The zero-order valence-corrected chi connectivity index (χ0v) is 17.9. The first kappa shape index (κ1) is 23.7. The molecule has 0 bridgehead atoms. The van der Waals surface area contributed by atoms with E-state index in [2.05, 4.69) is 4.99 Å². The SMILES string of the molecule is CCN(C)/C=N/c1cc(C)c(C(O)(COC2CCCCC2)C(F)(F)CF)cc1C. The molecule has 0 heterocycles. The molecule has 1 aliphatic carbocycles. The van der Waals surface area contributed by atoms with Crippen molar-refractivity contribution in [3.8, 4) is 0 Å². The second-order valence-corrected chi connectivity index (χ2v) is 8.04. The van der Waals surface area contributed by atoms with Crippen molar-refractivity contribution in [2.24, 2.45) is 4.99 Å². The molecule has 7 heteroatoms. The molecule has 1 N–H and O–H groups in total. The second kappa shape index (κ2) is 9.94. The lowest BCUT2D eigenvalue weighted by atomic mass is 9.84. The summed E-state index contributed by atoms with van der Waals surface area (Å²) in [5.41, 5.74) is -1.10. The molecule has 0 saturated heterocycles. The lowest BCUT2D eigenvalue weighted by Gasteiger charge is -2.37. The van der Waals surface area contributed by atoms with Crippen LogP contribution in [-0.4, -0.2) is 55.2 Å². The topological polar surface area (TPSA) is 45.1 Å². The van der Waals surface area contributed by atoms with Gasteiger partial charge in [0.2, 0.25) is 0 Å². The Morgan fingerprint density at radius 1 is 1.21 bits per heavy atom. The van der Waals surface area contributed by atoms with Crippen molar-refractivity contribution in [3.63, 3.8) is 0 Å². The Labute approximate surface area is 171 Å². The maximum Gasteiger partial charge on any atom is 0.310 e. The summed E-state index contributed by atoms with van der Waals surface area (Å²) >= 11 is 0. The number of halogens is 3. The van der Waals surface area contributed by atoms with Gasteiger partial charge < -0.3 is 14.7 Å². The first-order valence-electron chi connectivity index (χ1n) is 10.3. The first-order valence-corrected chi connectivity index (χ1v) is 10.3. The largest absolute Gasteiger partial charge is 0.377 e. The molecule has 1 atom stereocenters. The van der Waals surface area contributed by atoms with Crippen molar-refractivity contribution in [1.82, 2.24) is 4.90 Å². The molecular formula is C22H33F3N2O2. The molecule has 1 aromatic carbocycles. The molecule has 1 aliphatic rings. The normalized spacial score (nSPS) is 18.2. The number of nitrogens with zero attached hydrogens (tertiary/aromatic N) is 2. The van der Waals surface area contributed by atoms with Gasteiger partial charge >= 0.3 is 5.92 Å². The van der Waals surface area contributed by atoms with E-state index < -0.39 is 24.8 Å². The summed E-state index contributed by atoms with van der Waals surface area (Å²) in [6, 6.07) is 3.12. The monoisotopic (exact) mass is 414 g/mol. The number of benzene rings is 1. The molecule has 4 nitrogen and oxygen atoms in total. The smallest absolute Gasteiger partial charge is 0.310 e. The summed E-state index contributed by atoms with van der Waals surface area (Å²) in [6.07, 6.45) is 6.07. The van der Waals surface area contributed by atoms with Crippen LogP contribution in [0.1, 0.15) is 55.7 Å². The molecule has 1 unspecified atom stereocenters. The van der Waals surface area contributed by atoms with Crippen LogP contribution in [0.4, 0.5) is 18.9 Å². The summed E-state index contributed by atoms with van der Waals surface area (Å²) in [7, 11) is 1.88. The number of aryl methyl sites for hydroxylation is 2. The quantitative estimate of drug-likeness (QED) is 0.454. The summed E-state index contributed by atoms with van der Waals surface area (Å²) in [4.78, 5) is 6.27. The van der Waals surface area contributed by atoms with Crippen molar-refractivity contribution < 1.29 is 23.0 Å². The number of aliphatic hydroxyl groups is 1. The molecule has 1 fully saturated rings. The molecule has 0 aromatic heterocycles. The lowest BCUT2D eigenvalue weighted by Crippen LogP contribution is -2.51. The lowest BCUT2D eigenvalue weighted by molar-refractivity contribution is -0.226. The van der Waals surface area contributed by atoms with Crippen LogP contribution in [0.2, 0.25) is 0 Å². The molecular weight excluding hydrogens is 381 g/mol. The fourth-order valence-electron chi connectivity index (χ4n) is 3.59. The van der Waals surface area contributed by atoms with E-state index in [0.29, 0.717) is 16.8 Å². The number of aliphatic imine (C=N–C) groups is 1. The van der Waals surface area contributed by atoms with Crippen molar-refractivity contribution in [1.29, 1.82) is 0 Å². The average molecular weight is 415 g/mol. The Morgan fingerprint density at radius 3 is 2.45 bits per heavy atom. The average Bonchev–Trinajstić information content (AvgIpc) is 2.72. The van der Waals surface area contributed by atoms with Crippen LogP contribution in [0.15, 0.2) is 17.1 Å². The van der Waals surface area contributed by atoms with Gasteiger partial charge in [0.1, 0.15) is 0 Å². The number of hydrogen-bond donors (Lipinski definition) is 1. The Hall–Kier alpha value is -1.60. The number of alkyl halides is 3. The Morgan fingerprint density at radius 2 is 1.86 bits per heavy atom. The highest BCUT2D eigenvalue weighted by Gasteiger charge is 2.55. The van der Waals surface area contributed by atoms with Crippen molar-refractivity contribution >= 4 is 12.0 Å². The van der Waals surface area contributed by atoms with Crippen molar-refractivity contribution in [3.05, 3.63) is 28.8 Å². The second-order valence-electron chi connectivity index (χ2n) is 8.04. The van der Waals surface area contributed by atoms with Gasteiger partial charge in [0.25, 0.3) is 0 Å². The Kier molecular flexibility index (Phi) is 8.11. The van der Waals surface area contributed by atoms with E-state index >= 15 is 0 Å². The van der Waals surface area contributed by atoms with E-state index in [1.807, 2.05) is 18.9 Å². The molecule has 1 saturated carbocycles. The van der Waals surface area contributed by atoms with Crippen molar-refractivity contribution in [2.45, 2.75) is 70.5 Å². The first-order chi connectivity index (χ1) is 13.6. The standard InChI is InChI=1S/C22H33F3N2O2/c1-5-27(4)15-26-20-12-16(2)19(11-17(20)3)21(28,22(24,25)13-23)14-29-18-9-7-6-8-10-18/h11-12,15,18,28H,5-10,13-14H2,1-4H3/b26-15+. The third kappa shape index (κ3) is 5.51. The molecule has 2 rings (SSSR count). The van der Waals surface area contributed by atoms with E-state index in [-0.39, 0.29) is 11.7 Å². The van der Waals surface area contributed by atoms with E-state index in [1.165, 1.54) is 6.07 Å². The van der Waals surface area contributed by atoms with Crippen LogP contribution < -0.4 is 0 Å². The van der Waals surface area contributed by atoms with Gasteiger partial charge in [0, 0.05) is 13.6 Å². The summed E-state index contributed by atoms with van der Waals surface area (Å²) < 4.78 is 48.2. The summed E-state index contributed by atoms with van der Waals surface area (Å²) in [5.74, 6) is -3.97. The summed E-state index contributed by atoms with van der Waals surface area (Å²) in [6.45, 7) is 3.52. The van der Waals surface area contributed by atoms with Crippen molar-refractivity contribution in [2.75, 3.05) is 26.9 Å². The van der Waals surface area contributed by atoms with Gasteiger partial charge in [-0.05, 0) is 56.4 Å². The highest BCUT2D eigenvalue weighted by atomic mass is 19.3. The van der Waals surface area contributed by atoms with Gasteiger partial charge in [-0.15, -0.1) is 0 Å². The predicted octanol–water partition coefficient (Wildman–Crippen LogP) is 5.06. The third-order valence-corrected chi connectivity index (χ3v) is 5.73. The molecule has 29 heavy (non-hydrogen) atoms. The molecule has 0 radical (unpaired) electrons. The van der Waals surface area contributed by atoms with Crippen LogP contribution in [0.3, 0.4) is 0 Å². The minimum absolute atomic E-state index is 0.0174. The summed E-state index contributed by atoms with van der Waals surface area (Å²) in [5, 5.41) is 11.0. The highest BCUT2D eigenvalue weighted by molar-refractivity contribution is 5.64. The van der Waals surface area contributed by atoms with E-state index in [4.69, 9.17) is 4.74 Å². The fraction of sp³-hybridized carbons (Fsp3) is 0.682. The molecule has 164 valence electrons. The molecule has 0 amide bonds. The van der Waals surface area contributed by atoms with E-state index in [9.17, 15) is 18.3 Å². The predicted molar refractivity (Wildman–Crippen MR) is 110 cm³/mol. The van der Waals surface area contributed by atoms with Crippen LogP contribution in [0, 0.1) is 13.8 Å². The van der Waals surface area contributed by atoms with Crippen LogP contribution in [0.5, 0.6) is 0 Å². The molecule has 1 aromatic rings. The highest BCUT2D eigenvalue weighted by Crippen LogP contribution is 2.42. The number of hydrogen-bond acceptors (Lipinski definition) is 3. The van der Waals surface area contributed by atoms with Gasteiger partial charge in [-0.3, -0.25) is 0 Å². The fourth-order valence-corrected chi connectivity index (χ4v) is 3.59. The van der Waals surface area contributed by atoms with Crippen LogP contribution >= 0.6 is 0 Å². The number of rotatable bonds is 9. The molecule has 0 aliphatic heterocycles. The van der Waals surface area contributed by atoms with Gasteiger partial charge in [0.05, 0.1) is 24.7 Å². The van der Waals surface area contributed by atoms with E-state index in [1.54, 1.807) is 26.3 Å². The zero-order chi connectivity index (χ0) is 21.7. The van der Waals surface area contributed by atoms with Crippen LogP contribution in [-0.2, 0) is 10.3 Å². The van der Waals surface area contributed by atoms with Crippen LogP contribution in [0.25, 0.3) is 0 Å². The van der Waals surface area contributed by atoms with Gasteiger partial charge in [-0.1, -0.05) is 25.3 Å². The maximum absolute atomic E-state index is 14.6. The number of ether oxygens (including phenoxy) is 1. The third-order valence-electron chi connectivity index (χ3n) is 5.73. The maximum atomic E-state index is 14.6. The van der Waals surface area contributed by atoms with Gasteiger partial charge in [0.15, 0.2) is 12.3 Å². The minimum Gasteiger partial charge on any atom is -0.377 e. The zero-order valence-electron chi connectivity index (χ0n) is 17.9. The van der Waals surface area contributed by atoms with Gasteiger partial charge in [-0.2, -0.15) is 8.78 Å². The minimum atomic E-state index is -3.97. The molecule has 0 spiro atoms.